The highest BCUT2D eigenvalue weighted by Gasteiger charge is 2.29. The molecule has 0 spiro atoms. The molecular formula is C27H39N3O4S. The number of nitrogens with one attached hydrogen (secondary N) is 1. The Hall–Kier alpha value is -2.71. The van der Waals surface area contributed by atoms with Gasteiger partial charge < -0.3 is 10.2 Å². The van der Waals surface area contributed by atoms with Crippen molar-refractivity contribution in [1.82, 2.24) is 14.5 Å². The van der Waals surface area contributed by atoms with Gasteiger partial charge in [0.2, 0.25) is 21.8 Å². The van der Waals surface area contributed by atoms with E-state index in [1.807, 2.05) is 52.0 Å². The van der Waals surface area contributed by atoms with Crippen LogP contribution in [0.3, 0.4) is 0 Å². The number of aryl methyl sites for hydroxylation is 1. The van der Waals surface area contributed by atoms with Gasteiger partial charge in [0, 0.05) is 33.1 Å². The van der Waals surface area contributed by atoms with Crippen LogP contribution in [0.1, 0.15) is 51.2 Å². The lowest BCUT2D eigenvalue weighted by Crippen LogP contribution is -2.49. The molecule has 0 saturated carbocycles. The van der Waals surface area contributed by atoms with Crippen molar-refractivity contribution >= 4 is 21.8 Å². The molecule has 0 aliphatic rings. The number of nitrogens with zero attached hydrogens (tertiary/aromatic N) is 2. The highest BCUT2D eigenvalue weighted by Crippen LogP contribution is 2.17. The molecule has 0 radical (unpaired) electrons. The van der Waals surface area contributed by atoms with Crippen LogP contribution in [-0.4, -0.2) is 55.6 Å². The third-order valence-electron chi connectivity index (χ3n) is 5.86. The van der Waals surface area contributed by atoms with E-state index in [9.17, 15) is 18.0 Å². The molecular weight excluding hydrogens is 462 g/mol. The molecule has 0 aromatic heterocycles. The summed E-state index contributed by atoms with van der Waals surface area (Å²) in [7, 11) is -2.10. The molecule has 35 heavy (non-hydrogen) atoms. The Bertz CT molecular complexity index is 1050. The molecule has 0 bridgehead atoms. The molecule has 2 amide bonds. The highest BCUT2D eigenvalue weighted by molar-refractivity contribution is 7.89. The van der Waals surface area contributed by atoms with Crippen molar-refractivity contribution in [3.8, 4) is 0 Å². The monoisotopic (exact) mass is 501 g/mol. The minimum absolute atomic E-state index is 0.147. The zero-order valence-electron chi connectivity index (χ0n) is 21.5. The van der Waals surface area contributed by atoms with Crippen LogP contribution >= 0.6 is 0 Å². The maximum Gasteiger partial charge on any atom is 0.242 e. The van der Waals surface area contributed by atoms with Gasteiger partial charge in [-0.15, -0.1) is 0 Å². The van der Waals surface area contributed by atoms with Gasteiger partial charge in [-0.3, -0.25) is 9.59 Å². The number of carbonyl (C=O) groups excluding carboxylic acids is 2. The van der Waals surface area contributed by atoms with Crippen molar-refractivity contribution in [3.63, 3.8) is 0 Å². The summed E-state index contributed by atoms with van der Waals surface area (Å²) in [5, 5.41) is 2.96. The van der Waals surface area contributed by atoms with Crippen molar-refractivity contribution in [2.45, 2.75) is 64.4 Å². The Morgan fingerprint density at radius 1 is 1.00 bits per heavy atom. The standard InChI is InChI=1S/C27H39N3O4S/c1-6-25(27(32)28-19-21(2)3)30(20-23-16-14-22(4)15-17-23)26(31)13-10-18-29(5)35(33,34)24-11-8-7-9-12-24/h7-9,11-12,14-17,21,25H,6,10,13,18-20H2,1-5H3,(H,28,32)/t25-/m1/s1. The highest BCUT2D eigenvalue weighted by atomic mass is 32.2. The molecule has 0 fully saturated rings. The van der Waals surface area contributed by atoms with E-state index in [-0.39, 0.29) is 29.7 Å². The predicted octanol–water partition coefficient (Wildman–Crippen LogP) is 3.98. The van der Waals surface area contributed by atoms with Crippen molar-refractivity contribution in [2.24, 2.45) is 5.92 Å². The summed E-state index contributed by atoms with van der Waals surface area (Å²) < 4.78 is 26.8. The number of rotatable bonds is 13. The van der Waals surface area contributed by atoms with Gasteiger partial charge in [-0.1, -0.05) is 68.8 Å². The molecule has 0 aliphatic carbocycles. The fourth-order valence-electron chi connectivity index (χ4n) is 3.72. The Kier molecular flexibility index (Phi) is 10.9. The smallest absolute Gasteiger partial charge is 0.242 e. The van der Waals surface area contributed by atoms with E-state index in [1.54, 1.807) is 35.2 Å². The number of amides is 2. The average molecular weight is 502 g/mol. The summed E-state index contributed by atoms with van der Waals surface area (Å²) in [6.45, 7) is 9.02. The van der Waals surface area contributed by atoms with Gasteiger partial charge >= 0.3 is 0 Å². The molecule has 1 atom stereocenters. The first-order chi connectivity index (χ1) is 16.6. The lowest BCUT2D eigenvalue weighted by Gasteiger charge is -2.31. The van der Waals surface area contributed by atoms with E-state index in [0.717, 1.165) is 11.1 Å². The Labute approximate surface area is 210 Å². The number of carbonyl (C=O) groups is 2. The van der Waals surface area contributed by atoms with Crippen LogP contribution in [0.5, 0.6) is 0 Å². The molecule has 0 aliphatic heterocycles. The number of hydrogen-bond donors (Lipinski definition) is 1. The molecule has 7 nitrogen and oxygen atoms in total. The Balaban J connectivity index is 2.11. The molecule has 2 aromatic carbocycles. The molecule has 0 saturated heterocycles. The van der Waals surface area contributed by atoms with Gasteiger partial charge in [0.1, 0.15) is 6.04 Å². The number of hydrogen-bond acceptors (Lipinski definition) is 4. The van der Waals surface area contributed by atoms with Gasteiger partial charge in [-0.25, -0.2) is 12.7 Å². The Morgan fingerprint density at radius 2 is 1.63 bits per heavy atom. The zero-order chi connectivity index (χ0) is 26.0. The fraction of sp³-hybridized carbons (Fsp3) is 0.481. The SMILES string of the molecule is CC[C@H](C(=O)NCC(C)C)N(Cc1ccc(C)cc1)C(=O)CCCN(C)S(=O)(=O)c1ccccc1. The average Bonchev–Trinajstić information content (AvgIpc) is 2.84. The normalized spacial score (nSPS) is 12.5. The lowest BCUT2D eigenvalue weighted by atomic mass is 10.1. The summed E-state index contributed by atoms with van der Waals surface area (Å²) in [5.74, 6) is -0.0205. The van der Waals surface area contributed by atoms with Gasteiger partial charge in [-0.2, -0.15) is 0 Å². The second kappa shape index (κ2) is 13.4. The third kappa shape index (κ3) is 8.47. The maximum absolute atomic E-state index is 13.3. The molecule has 192 valence electrons. The van der Waals surface area contributed by atoms with Crippen molar-refractivity contribution in [1.29, 1.82) is 0 Å². The van der Waals surface area contributed by atoms with Crippen LogP contribution in [0, 0.1) is 12.8 Å². The van der Waals surface area contributed by atoms with E-state index in [1.165, 1.54) is 11.4 Å². The molecule has 1 N–H and O–H groups in total. The van der Waals surface area contributed by atoms with Crippen LogP contribution in [0.15, 0.2) is 59.5 Å². The van der Waals surface area contributed by atoms with E-state index in [0.29, 0.717) is 31.8 Å². The predicted molar refractivity (Wildman–Crippen MR) is 139 cm³/mol. The quantitative estimate of drug-likeness (QED) is 0.450. The van der Waals surface area contributed by atoms with Gasteiger partial charge in [0.05, 0.1) is 4.90 Å². The first-order valence-electron chi connectivity index (χ1n) is 12.2. The van der Waals surface area contributed by atoms with Crippen molar-refractivity contribution in [3.05, 3.63) is 65.7 Å². The van der Waals surface area contributed by atoms with Crippen LogP contribution in [-0.2, 0) is 26.2 Å². The first-order valence-corrected chi connectivity index (χ1v) is 13.6. The van der Waals surface area contributed by atoms with E-state index in [4.69, 9.17) is 0 Å². The molecule has 8 heteroatoms. The van der Waals surface area contributed by atoms with Crippen LogP contribution in [0.2, 0.25) is 0 Å². The summed E-state index contributed by atoms with van der Waals surface area (Å²) in [6.07, 6.45) is 0.994. The molecule has 2 aromatic rings. The lowest BCUT2D eigenvalue weighted by molar-refractivity contribution is -0.141. The molecule has 0 heterocycles. The molecule has 0 unspecified atom stereocenters. The number of sulfonamides is 1. The van der Waals surface area contributed by atoms with Crippen molar-refractivity contribution < 1.29 is 18.0 Å². The maximum atomic E-state index is 13.3. The Morgan fingerprint density at radius 3 is 2.20 bits per heavy atom. The summed E-state index contributed by atoms with van der Waals surface area (Å²) >= 11 is 0. The third-order valence-corrected chi connectivity index (χ3v) is 7.73. The van der Waals surface area contributed by atoms with Gasteiger partial charge in [0.15, 0.2) is 0 Å². The van der Waals surface area contributed by atoms with Crippen molar-refractivity contribution in [2.75, 3.05) is 20.1 Å². The van der Waals surface area contributed by atoms with E-state index in [2.05, 4.69) is 5.32 Å². The minimum atomic E-state index is -3.62. The van der Waals surface area contributed by atoms with Gasteiger partial charge in [0.25, 0.3) is 0 Å². The topological polar surface area (TPSA) is 86.8 Å². The van der Waals surface area contributed by atoms with E-state index >= 15 is 0 Å². The fourth-order valence-corrected chi connectivity index (χ4v) is 4.95. The van der Waals surface area contributed by atoms with Gasteiger partial charge in [-0.05, 0) is 43.4 Å². The minimum Gasteiger partial charge on any atom is -0.354 e. The summed E-state index contributed by atoms with van der Waals surface area (Å²) in [5.41, 5.74) is 2.07. The summed E-state index contributed by atoms with van der Waals surface area (Å²) in [6, 6.07) is 15.6. The van der Waals surface area contributed by atoms with Crippen LogP contribution in [0.25, 0.3) is 0 Å². The second-order valence-electron chi connectivity index (χ2n) is 9.31. The second-order valence-corrected chi connectivity index (χ2v) is 11.4. The first kappa shape index (κ1) is 28.5. The zero-order valence-corrected chi connectivity index (χ0v) is 22.3. The largest absolute Gasteiger partial charge is 0.354 e. The van der Waals surface area contributed by atoms with E-state index < -0.39 is 16.1 Å². The number of benzene rings is 2. The summed E-state index contributed by atoms with van der Waals surface area (Å²) in [4.78, 5) is 28.1. The van der Waals surface area contributed by atoms with Crippen LogP contribution in [0.4, 0.5) is 0 Å². The van der Waals surface area contributed by atoms with Crippen LogP contribution < -0.4 is 5.32 Å². The molecule has 2 rings (SSSR count).